The predicted octanol–water partition coefficient (Wildman–Crippen LogP) is 0.927. The second-order valence-corrected chi connectivity index (χ2v) is 8.23. The molecule has 0 aromatic carbocycles. The van der Waals surface area contributed by atoms with Crippen molar-refractivity contribution >= 4 is 0 Å². The third-order valence-corrected chi connectivity index (χ3v) is 6.71. The Balaban J connectivity index is 1.42. The van der Waals surface area contributed by atoms with E-state index in [1.165, 1.54) is 77.5 Å². The van der Waals surface area contributed by atoms with Crippen molar-refractivity contribution in [1.82, 2.24) is 0 Å². The number of hydrogen-bond donors (Lipinski definition) is 2. The summed E-state index contributed by atoms with van der Waals surface area (Å²) in [5.41, 5.74) is 0. The van der Waals surface area contributed by atoms with Crippen LogP contribution in [0.5, 0.6) is 0 Å². The molecule has 2 heteroatoms. The molecule has 1 aliphatic carbocycles. The highest BCUT2D eigenvalue weighted by Crippen LogP contribution is 2.22. The standard InChI is InChI=1S/C18H34N2/c1-15-3-5-17(6-4-15)20-13-9-18(10-14-20)19-11-7-16(2)8-12-19/h15-18H,3-14H2,1-2H3/p+2. The topological polar surface area (TPSA) is 8.88 Å². The molecule has 2 N–H and O–H groups in total. The lowest BCUT2D eigenvalue weighted by Gasteiger charge is -2.40. The number of piperidine rings is 2. The van der Waals surface area contributed by atoms with Gasteiger partial charge in [0, 0.05) is 12.8 Å². The molecule has 0 bridgehead atoms. The lowest BCUT2D eigenvalue weighted by Crippen LogP contribution is -3.22. The van der Waals surface area contributed by atoms with E-state index in [-0.39, 0.29) is 0 Å². The second kappa shape index (κ2) is 6.79. The summed E-state index contributed by atoms with van der Waals surface area (Å²) in [6, 6.07) is 2.03. The van der Waals surface area contributed by atoms with Crippen molar-refractivity contribution in [3.05, 3.63) is 0 Å². The van der Waals surface area contributed by atoms with Crippen molar-refractivity contribution in [2.24, 2.45) is 11.8 Å². The van der Waals surface area contributed by atoms with E-state index in [4.69, 9.17) is 0 Å². The zero-order chi connectivity index (χ0) is 13.9. The Kier molecular flexibility index (Phi) is 5.04. The largest absolute Gasteiger partial charge is 0.332 e. The van der Waals surface area contributed by atoms with Crippen LogP contribution in [0.25, 0.3) is 0 Å². The Hall–Kier alpha value is -0.0800. The molecule has 2 heterocycles. The maximum Gasteiger partial charge on any atom is 0.0983 e. The van der Waals surface area contributed by atoms with E-state index in [2.05, 4.69) is 13.8 Å². The normalized spacial score (nSPS) is 47.1. The average molecular weight is 280 g/mol. The fourth-order valence-corrected chi connectivity index (χ4v) is 5.01. The van der Waals surface area contributed by atoms with E-state index >= 15 is 0 Å². The third-order valence-electron chi connectivity index (χ3n) is 6.71. The Morgan fingerprint density at radius 1 is 0.500 bits per heavy atom. The highest BCUT2D eigenvalue weighted by atomic mass is 15.2. The van der Waals surface area contributed by atoms with Gasteiger partial charge in [0.1, 0.15) is 0 Å². The van der Waals surface area contributed by atoms with Gasteiger partial charge in [-0.2, -0.15) is 0 Å². The van der Waals surface area contributed by atoms with E-state index in [1.54, 1.807) is 0 Å². The monoisotopic (exact) mass is 280 g/mol. The Bertz CT molecular complexity index is 250. The highest BCUT2D eigenvalue weighted by molar-refractivity contribution is 4.71. The molecular weight excluding hydrogens is 244 g/mol. The van der Waals surface area contributed by atoms with Crippen LogP contribution in [0.3, 0.4) is 0 Å². The molecule has 0 radical (unpaired) electrons. The van der Waals surface area contributed by atoms with Gasteiger partial charge < -0.3 is 9.80 Å². The van der Waals surface area contributed by atoms with Crippen molar-refractivity contribution in [3.63, 3.8) is 0 Å². The van der Waals surface area contributed by atoms with Gasteiger partial charge in [0.25, 0.3) is 0 Å². The summed E-state index contributed by atoms with van der Waals surface area (Å²) >= 11 is 0. The smallest absolute Gasteiger partial charge is 0.0983 e. The van der Waals surface area contributed by atoms with Crippen molar-refractivity contribution < 1.29 is 9.80 Å². The fourth-order valence-electron chi connectivity index (χ4n) is 5.01. The van der Waals surface area contributed by atoms with E-state index in [0.29, 0.717) is 0 Å². The molecule has 3 fully saturated rings. The third kappa shape index (κ3) is 3.57. The first-order chi connectivity index (χ1) is 9.72. The van der Waals surface area contributed by atoms with Gasteiger partial charge in [-0.1, -0.05) is 13.8 Å². The number of nitrogens with one attached hydrogen (secondary N) is 2. The van der Waals surface area contributed by atoms with Gasteiger partial charge in [0.2, 0.25) is 0 Å². The van der Waals surface area contributed by atoms with Crippen molar-refractivity contribution in [1.29, 1.82) is 0 Å². The molecule has 0 aromatic rings. The van der Waals surface area contributed by atoms with Crippen molar-refractivity contribution in [3.8, 4) is 0 Å². The number of quaternary nitrogens is 2. The maximum absolute atomic E-state index is 2.44. The van der Waals surface area contributed by atoms with Crippen LogP contribution < -0.4 is 9.80 Å². The molecule has 0 atom stereocenters. The molecule has 2 saturated heterocycles. The van der Waals surface area contributed by atoms with Gasteiger partial charge in [0.05, 0.1) is 38.3 Å². The summed E-state index contributed by atoms with van der Waals surface area (Å²) in [4.78, 5) is 3.93. The van der Waals surface area contributed by atoms with Gasteiger partial charge in [-0.3, -0.25) is 0 Å². The predicted molar refractivity (Wildman–Crippen MR) is 84.2 cm³/mol. The van der Waals surface area contributed by atoms with Gasteiger partial charge in [-0.25, -0.2) is 0 Å². The van der Waals surface area contributed by atoms with E-state index in [9.17, 15) is 0 Å². The Morgan fingerprint density at radius 3 is 1.45 bits per heavy atom. The number of hydrogen-bond acceptors (Lipinski definition) is 0. The van der Waals surface area contributed by atoms with Crippen LogP contribution in [0, 0.1) is 11.8 Å². The van der Waals surface area contributed by atoms with Crippen LogP contribution in [0.1, 0.15) is 65.2 Å². The van der Waals surface area contributed by atoms with Crippen LogP contribution >= 0.6 is 0 Å². The van der Waals surface area contributed by atoms with E-state index in [0.717, 1.165) is 23.9 Å². The SMILES string of the molecule is CC1CCC([NH+]2CCC([NH+]3CCC(C)CC3)CC2)CC1. The van der Waals surface area contributed by atoms with Crippen LogP contribution in [-0.4, -0.2) is 38.3 Å². The average Bonchev–Trinajstić information content (AvgIpc) is 2.49. The zero-order valence-electron chi connectivity index (χ0n) is 13.8. The molecule has 0 aromatic heterocycles. The minimum absolute atomic E-state index is 0.994. The van der Waals surface area contributed by atoms with E-state index in [1.807, 2.05) is 9.80 Å². The molecule has 0 spiro atoms. The summed E-state index contributed by atoms with van der Waals surface area (Å²) in [5.74, 6) is 2.00. The molecule has 3 aliphatic rings. The fraction of sp³-hybridized carbons (Fsp3) is 1.00. The lowest BCUT2D eigenvalue weighted by atomic mass is 9.85. The minimum atomic E-state index is 0.994. The van der Waals surface area contributed by atoms with Gasteiger partial charge in [-0.15, -0.1) is 0 Å². The summed E-state index contributed by atoms with van der Waals surface area (Å²) in [5, 5.41) is 0. The minimum Gasteiger partial charge on any atom is -0.332 e. The number of likely N-dealkylation sites (tertiary alicyclic amines) is 2. The van der Waals surface area contributed by atoms with Crippen molar-refractivity contribution in [2.45, 2.75) is 77.3 Å². The maximum atomic E-state index is 2.44. The quantitative estimate of drug-likeness (QED) is 0.745. The summed E-state index contributed by atoms with van der Waals surface area (Å²) in [6.07, 6.45) is 12.0. The lowest BCUT2D eigenvalue weighted by molar-refractivity contribution is -0.971. The van der Waals surface area contributed by atoms with Gasteiger partial charge >= 0.3 is 0 Å². The molecule has 3 rings (SSSR count). The first-order valence-electron chi connectivity index (χ1n) is 9.41. The van der Waals surface area contributed by atoms with Gasteiger partial charge in [-0.05, 0) is 50.4 Å². The van der Waals surface area contributed by atoms with Crippen LogP contribution in [0.2, 0.25) is 0 Å². The summed E-state index contributed by atoms with van der Waals surface area (Å²) in [6.45, 7) is 10.8. The summed E-state index contributed by atoms with van der Waals surface area (Å²) in [7, 11) is 0. The molecule has 0 amide bonds. The van der Waals surface area contributed by atoms with Crippen LogP contribution in [-0.2, 0) is 0 Å². The first-order valence-corrected chi connectivity index (χ1v) is 9.41. The molecule has 2 aliphatic heterocycles. The Labute approximate surface area is 125 Å². The highest BCUT2D eigenvalue weighted by Gasteiger charge is 2.35. The molecular formula is C18H36N2+2. The second-order valence-electron chi connectivity index (χ2n) is 8.23. The molecule has 0 unspecified atom stereocenters. The van der Waals surface area contributed by atoms with Crippen molar-refractivity contribution in [2.75, 3.05) is 26.2 Å². The summed E-state index contributed by atoms with van der Waals surface area (Å²) < 4.78 is 0. The zero-order valence-corrected chi connectivity index (χ0v) is 13.8. The molecule has 1 saturated carbocycles. The molecule has 116 valence electrons. The Morgan fingerprint density at radius 2 is 0.900 bits per heavy atom. The van der Waals surface area contributed by atoms with Gasteiger partial charge in [0.15, 0.2) is 0 Å². The first kappa shape index (κ1) is 14.8. The number of rotatable bonds is 2. The molecule has 20 heavy (non-hydrogen) atoms. The molecule has 2 nitrogen and oxygen atoms in total. The van der Waals surface area contributed by atoms with Crippen LogP contribution in [0.4, 0.5) is 0 Å². The van der Waals surface area contributed by atoms with Crippen LogP contribution in [0.15, 0.2) is 0 Å². The van der Waals surface area contributed by atoms with E-state index < -0.39 is 0 Å².